The van der Waals surface area contributed by atoms with Crippen LogP contribution in [0.1, 0.15) is 323 Å². The van der Waals surface area contributed by atoms with Crippen LogP contribution in [0.3, 0.4) is 0 Å². The van der Waals surface area contributed by atoms with Crippen molar-refractivity contribution in [1.29, 1.82) is 0 Å². The molecular formula is C57H110O6. The normalized spacial score (nSPS) is 12.0. The number of carbonyl (C=O) groups is 3. The second-order valence-electron chi connectivity index (χ2n) is 20.1. The molecule has 0 aliphatic rings. The molecule has 0 bridgehead atoms. The van der Waals surface area contributed by atoms with Crippen LogP contribution < -0.4 is 0 Å². The molecule has 0 aliphatic carbocycles. The van der Waals surface area contributed by atoms with Crippen LogP contribution >= 0.6 is 0 Å². The summed E-state index contributed by atoms with van der Waals surface area (Å²) in [6, 6.07) is 0. The molecule has 6 heteroatoms. The van der Waals surface area contributed by atoms with Gasteiger partial charge in [0.1, 0.15) is 13.2 Å². The van der Waals surface area contributed by atoms with Gasteiger partial charge < -0.3 is 14.2 Å². The lowest BCUT2D eigenvalue weighted by Crippen LogP contribution is -2.30. The maximum absolute atomic E-state index is 12.8. The van der Waals surface area contributed by atoms with Crippen LogP contribution in [0, 0.1) is 5.92 Å². The van der Waals surface area contributed by atoms with Gasteiger partial charge in [0.25, 0.3) is 0 Å². The summed E-state index contributed by atoms with van der Waals surface area (Å²) in [5.41, 5.74) is 0. The summed E-state index contributed by atoms with van der Waals surface area (Å²) < 4.78 is 16.9. The van der Waals surface area contributed by atoms with E-state index in [0.717, 1.165) is 63.7 Å². The maximum atomic E-state index is 12.8. The van der Waals surface area contributed by atoms with Crippen molar-refractivity contribution in [2.24, 2.45) is 5.92 Å². The number of carbonyl (C=O) groups excluding carboxylic acids is 3. The van der Waals surface area contributed by atoms with E-state index in [0.29, 0.717) is 19.3 Å². The lowest BCUT2D eigenvalue weighted by atomic mass is 10.0. The molecule has 0 radical (unpaired) electrons. The molecule has 374 valence electrons. The second-order valence-corrected chi connectivity index (χ2v) is 20.1. The van der Waals surface area contributed by atoms with Crippen LogP contribution in [0.2, 0.25) is 0 Å². The third-order valence-electron chi connectivity index (χ3n) is 13.0. The zero-order chi connectivity index (χ0) is 45.9. The molecule has 63 heavy (non-hydrogen) atoms. The van der Waals surface area contributed by atoms with Gasteiger partial charge in [-0.1, -0.05) is 285 Å². The summed E-state index contributed by atoms with van der Waals surface area (Å²) in [4.78, 5) is 38.1. The highest BCUT2D eigenvalue weighted by molar-refractivity contribution is 5.71. The lowest BCUT2D eigenvalue weighted by molar-refractivity contribution is -0.167. The Kier molecular flexibility index (Phi) is 50.1. The molecule has 0 amide bonds. The first-order chi connectivity index (χ1) is 30.9. The number of unbranched alkanes of at least 4 members (excludes halogenated alkanes) is 39. The first-order valence-electron chi connectivity index (χ1n) is 28.4. The predicted octanol–water partition coefficient (Wildman–Crippen LogP) is 18.6. The van der Waals surface area contributed by atoms with Crippen molar-refractivity contribution in [3.05, 3.63) is 0 Å². The maximum Gasteiger partial charge on any atom is 0.306 e. The Labute approximate surface area is 393 Å². The molecule has 0 unspecified atom stereocenters. The third-order valence-corrected chi connectivity index (χ3v) is 13.0. The molecule has 0 aliphatic heterocycles. The number of ether oxygens (including phenoxy) is 3. The number of hydrogen-bond donors (Lipinski definition) is 0. The largest absolute Gasteiger partial charge is 0.462 e. The van der Waals surface area contributed by atoms with E-state index in [1.165, 1.54) is 218 Å². The van der Waals surface area contributed by atoms with E-state index in [9.17, 15) is 14.4 Å². The number of esters is 3. The monoisotopic (exact) mass is 891 g/mol. The van der Waals surface area contributed by atoms with Gasteiger partial charge in [-0.25, -0.2) is 0 Å². The fourth-order valence-corrected chi connectivity index (χ4v) is 8.75. The molecule has 0 rings (SSSR count). The van der Waals surface area contributed by atoms with Crippen LogP contribution in [0.15, 0.2) is 0 Å². The third kappa shape index (κ3) is 51.3. The molecule has 0 heterocycles. The van der Waals surface area contributed by atoms with E-state index < -0.39 is 6.10 Å². The Morgan fingerprint density at radius 3 is 0.778 bits per heavy atom. The first-order valence-corrected chi connectivity index (χ1v) is 28.4. The van der Waals surface area contributed by atoms with Gasteiger partial charge in [-0.15, -0.1) is 0 Å². The molecule has 0 aromatic carbocycles. The second kappa shape index (κ2) is 51.4. The van der Waals surface area contributed by atoms with Crippen LogP contribution in [0.25, 0.3) is 0 Å². The molecule has 0 N–H and O–H groups in total. The highest BCUT2D eigenvalue weighted by Crippen LogP contribution is 2.18. The zero-order valence-corrected chi connectivity index (χ0v) is 43.0. The minimum absolute atomic E-state index is 0.0622. The summed E-state index contributed by atoms with van der Waals surface area (Å²) in [7, 11) is 0. The van der Waals surface area contributed by atoms with Crippen LogP contribution in [-0.4, -0.2) is 37.2 Å². The molecule has 0 aromatic heterocycles. The average Bonchev–Trinajstić information content (AvgIpc) is 3.27. The van der Waals surface area contributed by atoms with Crippen LogP contribution in [0.4, 0.5) is 0 Å². The highest BCUT2D eigenvalue weighted by atomic mass is 16.6. The van der Waals surface area contributed by atoms with Crippen molar-refractivity contribution in [1.82, 2.24) is 0 Å². The molecule has 6 nitrogen and oxygen atoms in total. The van der Waals surface area contributed by atoms with Crippen molar-refractivity contribution in [2.45, 2.75) is 329 Å². The summed E-state index contributed by atoms with van der Waals surface area (Å²) in [6.07, 6.45) is 55.2. The van der Waals surface area contributed by atoms with Crippen molar-refractivity contribution < 1.29 is 28.6 Å². The molecular weight excluding hydrogens is 781 g/mol. The Balaban J connectivity index is 4.29. The van der Waals surface area contributed by atoms with Crippen molar-refractivity contribution in [2.75, 3.05) is 13.2 Å². The van der Waals surface area contributed by atoms with Gasteiger partial charge in [0, 0.05) is 19.3 Å². The van der Waals surface area contributed by atoms with Crippen molar-refractivity contribution in [3.8, 4) is 0 Å². The van der Waals surface area contributed by atoms with Gasteiger partial charge in [0.05, 0.1) is 0 Å². The minimum atomic E-state index is -0.761. The smallest absolute Gasteiger partial charge is 0.306 e. The minimum Gasteiger partial charge on any atom is -0.462 e. The Morgan fingerprint density at radius 1 is 0.302 bits per heavy atom. The molecule has 0 saturated heterocycles. The van der Waals surface area contributed by atoms with E-state index in [4.69, 9.17) is 14.2 Å². The standard InChI is InChI=1S/C57H110O6/c1-5-7-9-11-13-15-17-19-21-22-23-24-26-28-34-38-42-46-50-57(60)63-54(52-62-56(59)49-45-41-37-33-30-29-31-35-39-43-47-53(3)4)51-61-55(58)48-44-40-36-32-27-25-20-18-16-14-12-10-8-6-2/h53-54H,5-52H2,1-4H3/t54-/m0/s1. The number of hydrogen-bond acceptors (Lipinski definition) is 6. The fourth-order valence-electron chi connectivity index (χ4n) is 8.75. The molecule has 0 fully saturated rings. The Morgan fingerprint density at radius 2 is 0.524 bits per heavy atom. The van der Waals surface area contributed by atoms with Crippen LogP contribution in [0.5, 0.6) is 0 Å². The fraction of sp³-hybridized carbons (Fsp3) is 0.947. The predicted molar refractivity (Wildman–Crippen MR) is 270 cm³/mol. The highest BCUT2D eigenvalue weighted by Gasteiger charge is 2.19. The van der Waals surface area contributed by atoms with Gasteiger partial charge in [0.15, 0.2) is 6.10 Å². The summed E-state index contributed by atoms with van der Waals surface area (Å²) in [6.45, 7) is 9.04. The van der Waals surface area contributed by atoms with Crippen molar-refractivity contribution in [3.63, 3.8) is 0 Å². The summed E-state index contributed by atoms with van der Waals surface area (Å²) in [5, 5.41) is 0. The zero-order valence-electron chi connectivity index (χ0n) is 43.0. The van der Waals surface area contributed by atoms with Crippen LogP contribution in [-0.2, 0) is 28.6 Å². The average molecular weight is 892 g/mol. The van der Waals surface area contributed by atoms with E-state index in [1.54, 1.807) is 0 Å². The molecule has 1 atom stereocenters. The lowest BCUT2D eigenvalue weighted by Gasteiger charge is -2.18. The number of rotatable bonds is 52. The quantitative estimate of drug-likeness (QED) is 0.0344. The topological polar surface area (TPSA) is 78.9 Å². The van der Waals surface area contributed by atoms with Gasteiger partial charge in [0.2, 0.25) is 0 Å². The van der Waals surface area contributed by atoms with Crippen molar-refractivity contribution >= 4 is 17.9 Å². The first kappa shape index (κ1) is 61.4. The van der Waals surface area contributed by atoms with E-state index >= 15 is 0 Å². The SMILES string of the molecule is CCCCCCCCCCCCCCCCCCCCC(=O)O[C@@H](COC(=O)CCCCCCCCCCCCCCCC)COC(=O)CCCCCCCCCCCCC(C)C. The molecule has 0 aromatic rings. The van der Waals surface area contributed by atoms with E-state index in [1.807, 2.05) is 0 Å². The van der Waals surface area contributed by atoms with Gasteiger partial charge in [-0.3, -0.25) is 14.4 Å². The Bertz CT molecular complexity index is 949. The van der Waals surface area contributed by atoms with Gasteiger partial charge >= 0.3 is 17.9 Å². The van der Waals surface area contributed by atoms with Gasteiger partial charge in [-0.2, -0.15) is 0 Å². The van der Waals surface area contributed by atoms with E-state index in [-0.39, 0.29) is 31.1 Å². The molecule has 0 saturated carbocycles. The van der Waals surface area contributed by atoms with E-state index in [2.05, 4.69) is 27.7 Å². The molecule has 0 spiro atoms. The Hall–Kier alpha value is -1.59. The summed E-state index contributed by atoms with van der Waals surface area (Å²) >= 11 is 0. The summed E-state index contributed by atoms with van der Waals surface area (Å²) in [5.74, 6) is -0.0192. The van der Waals surface area contributed by atoms with Gasteiger partial charge in [-0.05, 0) is 25.2 Å².